The molecule has 1 aromatic rings. The average Bonchev–Trinajstić information content (AvgIpc) is 2.37. The Morgan fingerprint density at radius 3 is 2.43 bits per heavy atom. The van der Waals surface area contributed by atoms with Gasteiger partial charge in [-0.3, -0.25) is 4.90 Å². The minimum atomic E-state index is 0.214. The van der Waals surface area contributed by atoms with Crippen molar-refractivity contribution in [3.8, 4) is 0 Å². The largest absolute Gasteiger partial charge is 0.374 e. The van der Waals surface area contributed by atoms with Crippen LogP contribution in [0.3, 0.4) is 0 Å². The molecule has 0 aromatic heterocycles. The van der Waals surface area contributed by atoms with Crippen molar-refractivity contribution in [1.29, 1.82) is 0 Å². The molecule has 3 heteroatoms. The van der Waals surface area contributed by atoms with Crippen molar-refractivity contribution in [2.45, 2.75) is 52.8 Å². The monoisotopic (exact) mass is 290 g/mol. The number of rotatable bonds is 4. The van der Waals surface area contributed by atoms with Crippen molar-refractivity contribution < 1.29 is 4.74 Å². The molecule has 0 amide bonds. The van der Waals surface area contributed by atoms with Crippen molar-refractivity contribution in [2.75, 3.05) is 26.7 Å². The van der Waals surface area contributed by atoms with Gasteiger partial charge >= 0.3 is 0 Å². The second-order valence-corrected chi connectivity index (χ2v) is 6.71. The lowest BCUT2D eigenvalue weighted by molar-refractivity contribution is -0.0623. The second-order valence-electron chi connectivity index (χ2n) is 6.71. The van der Waals surface area contributed by atoms with Crippen molar-refractivity contribution in [2.24, 2.45) is 0 Å². The first kappa shape index (κ1) is 16.5. The molecular weight excluding hydrogens is 260 g/mol. The van der Waals surface area contributed by atoms with Crippen molar-refractivity contribution in [1.82, 2.24) is 10.2 Å². The zero-order chi connectivity index (χ0) is 15.6. The number of morpholine rings is 1. The quantitative estimate of drug-likeness (QED) is 0.922. The molecule has 0 spiro atoms. The van der Waals surface area contributed by atoms with Crippen LogP contribution >= 0.6 is 0 Å². The topological polar surface area (TPSA) is 24.5 Å². The molecule has 3 nitrogen and oxygen atoms in total. The Balaban J connectivity index is 2.32. The van der Waals surface area contributed by atoms with Gasteiger partial charge in [-0.05, 0) is 44.5 Å². The Morgan fingerprint density at radius 1 is 1.24 bits per heavy atom. The molecule has 2 atom stereocenters. The lowest BCUT2D eigenvalue weighted by atomic mass is 9.89. The summed E-state index contributed by atoms with van der Waals surface area (Å²) < 4.78 is 6.10. The summed E-state index contributed by atoms with van der Waals surface area (Å²) >= 11 is 0. The lowest BCUT2D eigenvalue weighted by Gasteiger charge is -2.41. The molecule has 118 valence electrons. The fraction of sp³-hybridized carbons (Fsp3) is 0.667. The van der Waals surface area contributed by atoms with Crippen LogP contribution in [0.4, 0.5) is 0 Å². The Kier molecular flexibility index (Phi) is 5.42. The zero-order valence-electron chi connectivity index (χ0n) is 14.4. The van der Waals surface area contributed by atoms with Crippen LogP contribution < -0.4 is 5.32 Å². The van der Waals surface area contributed by atoms with E-state index in [-0.39, 0.29) is 6.10 Å². The molecule has 1 aliphatic rings. The van der Waals surface area contributed by atoms with E-state index in [0.29, 0.717) is 12.1 Å². The molecule has 2 rings (SSSR count). The average molecular weight is 290 g/mol. The van der Waals surface area contributed by atoms with E-state index in [4.69, 9.17) is 4.74 Å². The molecule has 0 aliphatic carbocycles. The third-order valence-corrected chi connectivity index (χ3v) is 4.36. The van der Waals surface area contributed by atoms with Crippen LogP contribution in [0.5, 0.6) is 0 Å². The van der Waals surface area contributed by atoms with E-state index < -0.39 is 0 Å². The van der Waals surface area contributed by atoms with E-state index in [1.807, 2.05) is 0 Å². The number of ether oxygens (including phenoxy) is 1. The van der Waals surface area contributed by atoms with Crippen molar-refractivity contribution in [3.63, 3.8) is 0 Å². The van der Waals surface area contributed by atoms with Crippen molar-refractivity contribution >= 4 is 0 Å². The molecule has 21 heavy (non-hydrogen) atoms. The molecule has 2 unspecified atom stereocenters. The summed E-state index contributed by atoms with van der Waals surface area (Å²) in [5.74, 6) is 0. The third kappa shape index (κ3) is 3.85. The van der Waals surface area contributed by atoms with Gasteiger partial charge in [0, 0.05) is 19.1 Å². The normalized spacial score (nSPS) is 23.8. The van der Waals surface area contributed by atoms with Gasteiger partial charge in [-0.2, -0.15) is 0 Å². The molecule has 0 saturated carbocycles. The van der Waals surface area contributed by atoms with E-state index in [1.165, 1.54) is 22.3 Å². The van der Waals surface area contributed by atoms with Crippen LogP contribution in [-0.4, -0.2) is 43.8 Å². The Bertz CT molecular complexity index is 461. The number of nitrogens with one attached hydrogen (secondary N) is 1. The van der Waals surface area contributed by atoms with Gasteiger partial charge in [-0.15, -0.1) is 0 Å². The van der Waals surface area contributed by atoms with Gasteiger partial charge in [0.15, 0.2) is 0 Å². The van der Waals surface area contributed by atoms with Gasteiger partial charge in [0.05, 0.1) is 18.8 Å². The van der Waals surface area contributed by atoms with E-state index >= 15 is 0 Å². The molecule has 1 aromatic carbocycles. The molecule has 1 N–H and O–H groups in total. The second kappa shape index (κ2) is 6.91. The highest BCUT2D eigenvalue weighted by Gasteiger charge is 2.33. The molecule has 0 bridgehead atoms. The van der Waals surface area contributed by atoms with E-state index in [2.05, 4.69) is 64.0 Å². The first-order chi connectivity index (χ1) is 9.90. The van der Waals surface area contributed by atoms with E-state index in [1.54, 1.807) is 0 Å². The SMILES string of the molecule is Cc1cc(C)c(C2C(CNC(C)C)OCCN2C)c(C)c1. The fourth-order valence-corrected chi connectivity index (χ4v) is 3.45. The highest BCUT2D eigenvalue weighted by atomic mass is 16.5. The molecule has 1 heterocycles. The third-order valence-electron chi connectivity index (χ3n) is 4.36. The summed E-state index contributed by atoms with van der Waals surface area (Å²) in [4.78, 5) is 2.45. The summed E-state index contributed by atoms with van der Waals surface area (Å²) in [5.41, 5.74) is 5.54. The number of hydrogen-bond donors (Lipinski definition) is 1. The Hall–Kier alpha value is -0.900. The summed E-state index contributed by atoms with van der Waals surface area (Å²) in [6, 6.07) is 5.40. The first-order valence-corrected chi connectivity index (χ1v) is 8.03. The van der Waals surface area contributed by atoms with Crippen LogP contribution in [0.1, 0.15) is 42.1 Å². The highest BCUT2D eigenvalue weighted by molar-refractivity contribution is 5.40. The number of benzene rings is 1. The molecule has 1 fully saturated rings. The summed E-state index contributed by atoms with van der Waals surface area (Å²) in [7, 11) is 2.22. The maximum absolute atomic E-state index is 6.10. The molecule has 1 saturated heterocycles. The van der Waals surface area contributed by atoms with Crippen LogP contribution in [0.15, 0.2) is 12.1 Å². The number of aryl methyl sites for hydroxylation is 3. The van der Waals surface area contributed by atoms with E-state index in [0.717, 1.165) is 19.7 Å². The smallest absolute Gasteiger partial charge is 0.0896 e. The maximum atomic E-state index is 6.10. The van der Waals surface area contributed by atoms with Crippen LogP contribution in [0.2, 0.25) is 0 Å². The van der Waals surface area contributed by atoms with Crippen LogP contribution in [-0.2, 0) is 4.74 Å². The first-order valence-electron chi connectivity index (χ1n) is 8.03. The highest BCUT2D eigenvalue weighted by Crippen LogP contribution is 2.33. The van der Waals surface area contributed by atoms with Gasteiger partial charge in [-0.25, -0.2) is 0 Å². The number of nitrogens with zero attached hydrogens (tertiary/aromatic N) is 1. The van der Waals surface area contributed by atoms with Gasteiger partial charge in [0.1, 0.15) is 0 Å². The summed E-state index contributed by atoms with van der Waals surface area (Å²) in [5, 5.41) is 3.53. The van der Waals surface area contributed by atoms with Crippen LogP contribution in [0.25, 0.3) is 0 Å². The predicted molar refractivity (Wildman–Crippen MR) is 88.9 cm³/mol. The minimum Gasteiger partial charge on any atom is -0.374 e. The maximum Gasteiger partial charge on any atom is 0.0896 e. The van der Waals surface area contributed by atoms with E-state index in [9.17, 15) is 0 Å². The molecule has 0 radical (unpaired) electrons. The number of hydrogen-bond acceptors (Lipinski definition) is 3. The lowest BCUT2D eigenvalue weighted by Crippen LogP contribution is -2.48. The Labute approximate surface area is 129 Å². The van der Waals surface area contributed by atoms with Gasteiger partial charge in [0.25, 0.3) is 0 Å². The van der Waals surface area contributed by atoms with Crippen LogP contribution in [0, 0.1) is 20.8 Å². The predicted octanol–water partition coefficient (Wildman–Crippen LogP) is 2.98. The van der Waals surface area contributed by atoms with Crippen molar-refractivity contribution in [3.05, 3.63) is 34.4 Å². The van der Waals surface area contributed by atoms with Gasteiger partial charge in [-0.1, -0.05) is 31.5 Å². The standard InChI is InChI=1S/C18H30N2O/c1-12(2)19-11-16-18(20(6)7-8-21-16)17-14(4)9-13(3)10-15(17)5/h9-10,12,16,18-19H,7-8,11H2,1-6H3. The Morgan fingerprint density at radius 2 is 1.86 bits per heavy atom. The molecule has 1 aliphatic heterocycles. The van der Waals surface area contributed by atoms with Gasteiger partial charge in [0.2, 0.25) is 0 Å². The number of likely N-dealkylation sites (N-methyl/N-ethyl adjacent to an activating group) is 1. The summed E-state index contributed by atoms with van der Waals surface area (Å²) in [6.45, 7) is 13.7. The minimum absolute atomic E-state index is 0.214. The molecular formula is C18H30N2O. The zero-order valence-corrected chi connectivity index (χ0v) is 14.4. The fourth-order valence-electron chi connectivity index (χ4n) is 3.45. The summed E-state index contributed by atoms with van der Waals surface area (Å²) in [6.07, 6.45) is 0.214. The van der Waals surface area contributed by atoms with Gasteiger partial charge < -0.3 is 10.1 Å².